The molecule has 0 bridgehead atoms. The van der Waals surface area contributed by atoms with Gasteiger partial charge in [0.25, 0.3) is 5.91 Å². The van der Waals surface area contributed by atoms with Gasteiger partial charge in [-0.15, -0.1) is 0 Å². The summed E-state index contributed by atoms with van der Waals surface area (Å²) >= 11 is 1.50. The molecule has 0 radical (unpaired) electrons. The molecule has 0 unspecified atom stereocenters. The molecule has 0 aliphatic carbocycles. The van der Waals surface area contributed by atoms with Gasteiger partial charge in [0.2, 0.25) is 0 Å². The van der Waals surface area contributed by atoms with Crippen molar-refractivity contribution >= 4 is 34.5 Å². The smallest absolute Gasteiger partial charge is 0.251 e. The summed E-state index contributed by atoms with van der Waals surface area (Å²) in [6.07, 6.45) is 3.74. The summed E-state index contributed by atoms with van der Waals surface area (Å²) in [5.41, 5.74) is 2.50. The minimum Gasteiger partial charge on any atom is -0.369 e. The van der Waals surface area contributed by atoms with Crippen molar-refractivity contribution in [3.8, 4) is 0 Å². The summed E-state index contributed by atoms with van der Waals surface area (Å²) in [4.78, 5) is 21.5. The van der Waals surface area contributed by atoms with Gasteiger partial charge in [-0.05, 0) is 31.2 Å². The van der Waals surface area contributed by atoms with E-state index in [1.54, 1.807) is 6.20 Å². The Morgan fingerprint density at radius 1 is 1.29 bits per heavy atom. The van der Waals surface area contributed by atoms with E-state index in [1.165, 1.54) is 11.8 Å². The number of aryl methyl sites for hydroxylation is 1. The van der Waals surface area contributed by atoms with Crippen molar-refractivity contribution in [3.05, 3.63) is 41.6 Å². The number of thioether (sulfide) groups is 1. The Morgan fingerprint density at radius 3 is 2.82 bits per heavy atom. The fraction of sp³-hybridized carbons (Fsp3) is 0.400. The number of hydrogen-bond donors (Lipinski definition) is 2. The molecule has 0 aliphatic heterocycles. The van der Waals surface area contributed by atoms with Crippen molar-refractivity contribution in [2.75, 3.05) is 24.7 Å². The van der Waals surface area contributed by atoms with Crippen molar-refractivity contribution in [1.82, 2.24) is 25.1 Å². The summed E-state index contributed by atoms with van der Waals surface area (Å²) in [7, 11) is 0. The molecular weight excluding hydrogens is 372 g/mol. The second-order valence-electron chi connectivity index (χ2n) is 7.06. The van der Waals surface area contributed by atoms with Gasteiger partial charge in [-0.3, -0.25) is 4.79 Å². The van der Waals surface area contributed by atoms with Crippen LogP contribution in [0.1, 0.15) is 29.8 Å². The quantitative estimate of drug-likeness (QED) is 0.447. The predicted octanol–water partition coefficient (Wildman–Crippen LogP) is 3.35. The lowest BCUT2D eigenvalue weighted by atomic mass is 10.1. The molecule has 1 aromatic carbocycles. The SMILES string of the molecule is CSc1nc(NCC(C)C)c2cnn(CCNC(=O)c3cccc(C)c3)c2n1. The first-order valence-electron chi connectivity index (χ1n) is 9.34. The van der Waals surface area contributed by atoms with Crippen LogP contribution in [-0.4, -0.2) is 45.0 Å². The molecule has 2 aromatic heterocycles. The summed E-state index contributed by atoms with van der Waals surface area (Å²) in [6.45, 7) is 8.12. The molecule has 0 atom stereocenters. The van der Waals surface area contributed by atoms with Crippen LogP contribution >= 0.6 is 11.8 Å². The number of fused-ring (bicyclic) bond motifs is 1. The third-order valence-electron chi connectivity index (χ3n) is 4.23. The maximum Gasteiger partial charge on any atom is 0.251 e. The number of carbonyl (C=O) groups excluding carboxylic acids is 1. The van der Waals surface area contributed by atoms with Crippen molar-refractivity contribution in [1.29, 1.82) is 0 Å². The number of nitrogens with one attached hydrogen (secondary N) is 2. The normalized spacial score (nSPS) is 11.2. The molecule has 2 N–H and O–H groups in total. The third kappa shape index (κ3) is 4.81. The van der Waals surface area contributed by atoms with Gasteiger partial charge in [0.1, 0.15) is 5.82 Å². The van der Waals surface area contributed by atoms with Crippen LogP contribution in [0.4, 0.5) is 5.82 Å². The van der Waals surface area contributed by atoms with E-state index >= 15 is 0 Å². The summed E-state index contributed by atoms with van der Waals surface area (Å²) in [6, 6.07) is 7.55. The minimum atomic E-state index is -0.0844. The van der Waals surface area contributed by atoms with E-state index in [9.17, 15) is 4.79 Å². The van der Waals surface area contributed by atoms with Crippen LogP contribution in [0.3, 0.4) is 0 Å². The Balaban J connectivity index is 1.72. The summed E-state index contributed by atoms with van der Waals surface area (Å²) in [5, 5.41) is 12.4. The summed E-state index contributed by atoms with van der Waals surface area (Å²) < 4.78 is 1.81. The molecule has 0 spiro atoms. The van der Waals surface area contributed by atoms with Crippen LogP contribution in [0.15, 0.2) is 35.6 Å². The molecule has 3 aromatic rings. The maximum absolute atomic E-state index is 12.3. The Kier molecular flexibility index (Phi) is 6.51. The lowest BCUT2D eigenvalue weighted by Crippen LogP contribution is -2.27. The van der Waals surface area contributed by atoms with Crippen molar-refractivity contribution < 1.29 is 4.79 Å². The molecule has 1 amide bonds. The van der Waals surface area contributed by atoms with Crippen LogP contribution in [0.5, 0.6) is 0 Å². The molecule has 2 heterocycles. The molecule has 148 valence electrons. The Labute approximate surface area is 169 Å². The second-order valence-corrected chi connectivity index (χ2v) is 7.84. The van der Waals surface area contributed by atoms with Gasteiger partial charge in [0.05, 0.1) is 18.1 Å². The van der Waals surface area contributed by atoms with E-state index in [2.05, 4.69) is 39.5 Å². The van der Waals surface area contributed by atoms with Crippen LogP contribution in [0.25, 0.3) is 11.0 Å². The zero-order valence-electron chi connectivity index (χ0n) is 16.7. The van der Waals surface area contributed by atoms with E-state index in [4.69, 9.17) is 0 Å². The first-order chi connectivity index (χ1) is 13.5. The number of nitrogens with zero attached hydrogens (tertiary/aromatic N) is 4. The number of rotatable bonds is 8. The predicted molar refractivity (Wildman–Crippen MR) is 114 cm³/mol. The van der Waals surface area contributed by atoms with Crippen LogP contribution in [-0.2, 0) is 6.54 Å². The molecule has 7 nitrogen and oxygen atoms in total. The number of hydrogen-bond acceptors (Lipinski definition) is 6. The van der Waals surface area contributed by atoms with Gasteiger partial charge in [-0.1, -0.05) is 43.3 Å². The average molecular weight is 399 g/mol. The highest BCUT2D eigenvalue weighted by Crippen LogP contribution is 2.23. The number of carbonyl (C=O) groups is 1. The fourth-order valence-corrected chi connectivity index (χ4v) is 3.15. The first-order valence-corrected chi connectivity index (χ1v) is 10.6. The maximum atomic E-state index is 12.3. The van der Waals surface area contributed by atoms with Crippen LogP contribution in [0, 0.1) is 12.8 Å². The molecule has 0 fully saturated rings. The topological polar surface area (TPSA) is 84.7 Å². The third-order valence-corrected chi connectivity index (χ3v) is 4.77. The Morgan fingerprint density at radius 2 is 2.11 bits per heavy atom. The molecule has 3 rings (SSSR count). The van der Waals surface area contributed by atoms with Crippen molar-refractivity contribution in [2.24, 2.45) is 5.92 Å². The lowest BCUT2D eigenvalue weighted by molar-refractivity contribution is 0.0952. The highest BCUT2D eigenvalue weighted by Gasteiger charge is 2.13. The zero-order valence-corrected chi connectivity index (χ0v) is 17.5. The molecule has 8 heteroatoms. The van der Waals surface area contributed by atoms with Gasteiger partial charge in [0.15, 0.2) is 10.8 Å². The molecule has 0 saturated carbocycles. The van der Waals surface area contributed by atoms with E-state index < -0.39 is 0 Å². The molecule has 0 saturated heterocycles. The highest BCUT2D eigenvalue weighted by molar-refractivity contribution is 7.98. The fourth-order valence-electron chi connectivity index (χ4n) is 2.79. The number of amides is 1. The van der Waals surface area contributed by atoms with Gasteiger partial charge >= 0.3 is 0 Å². The van der Waals surface area contributed by atoms with E-state index in [1.807, 2.05) is 42.1 Å². The van der Waals surface area contributed by atoms with Crippen LogP contribution in [0.2, 0.25) is 0 Å². The largest absolute Gasteiger partial charge is 0.369 e. The van der Waals surface area contributed by atoms with Gasteiger partial charge in [0, 0.05) is 18.7 Å². The monoisotopic (exact) mass is 398 g/mol. The second kappa shape index (κ2) is 9.05. The van der Waals surface area contributed by atoms with Gasteiger partial charge in [-0.25, -0.2) is 14.6 Å². The van der Waals surface area contributed by atoms with E-state index in [0.717, 1.165) is 29.0 Å². The average Bonchev–Trinajstić information content (AvgIpc) is 3.09. The van der Waals surface area contributed by atoms with Crippen LogP contribution < -0.4 is 10.6 Å². The Hall–Kier alpha value is -2.61. The minimum absolute atomic E-state index is 0.0844. The van der Waals surface area contributed by atoms with Crippen molar-refractivity contribution in [3.63, 3.8) is 0 Å². The standard InChI is InChI=1S/C20H26N6OS/c1-13(2)11-22-17-16-12-23-26(18(16)25-20(24-17)28-4)9-8-21-19(27)15-7-5-6-14(3)10-15/h5-7,10,12-13H,8-9,11H2,1-4H3,(H,21,27)(H,22,24,25). The van der Waals surface area contributed by atoms with E-state index in [0.29, 0.717) is 29.7 Å². The zero-order chi connectivity index (χ0) is 20.1. The Bertz CT molecular complexity index is 968. The summed E-state index contributed by atoms with van der Waals surface area (Å²) in [5.74, 6) is 1.23. The lowest BCUT2D eigenvalue weighted by Gasteiger charge is -2.11. The first kappa shape index (κ1) is 20.1. The highest BCUT2D eigenvalue weighted by atomic mass is 32.2. The molecular formula is C20H26N6OS. The molecule has 0 aliphatic rings. The van der Waals surface area contributed by atoms with E-state index in [-0.39, 0.29) is 5.91 Å². The number of benzene rings is 1. The van der Waals surface area contributed by atoms with Crippen molar-refractivity contribution in [2.45, 2.75) is 32.5 Å². The molecule has 28 heavy (non-hydrogen) atoms. The number of aromatic nitrogens is 4. The van der Waals surface area contributed by atoms with Gasteiger partial charge < -0.3 is 10.6 Å². The number of anilines is 1. The van der Waals surface area contributed by atoms with Gasteiger partial charge in [-0.2, -0.15) is 5.10 Å².